The van der Waals surface area contributed by atoms with Crippen molar-refractivity contribution in [1.29, 1.82) is 0 Å². The summed E-state index contributed by atoms with van der Waals surface area (Å²) in [6.45, 7) is 3.65. The van der Waals surface area contributed by atoms with Gasteiger partial charge >= 0.3 is 0 Å². The van der Waals surface area contributed by atoms with E-state index in [9.17, 15) is 4.79 Å². The number of ketones is 1. The average molecular weight is 227 g/mol. The molecule has 0 fully saturated rings. The van der Waals surface area contributed by atoms with Gasteiger partial charge in [-0.25, -0.2) is 0 Å². The van der Waals surface area contributed by atoms with Crippen LogP contribution in [0.5, 0.6) is 0 Å². The molecule has 0 aliphatic rings. The van der Waals surface area contributed by atoms with E-state index in [0.717, 1.165) is 25.7 Å². The van der Waals surface area contributed by atoms with Crippen LogP contribution in [0, 0.1) is 0 Å². The number of halogens is 1. The number of hydrogen-bond acceptors (Lipinski definition) is 2. The molecule has 0 saturated heterocycles. The van der Waals surface area contributed by atoms with Gasteiger partial charge in [-0.1, -0.05) is 12.5 Å². The summed E-state index contributed by atoms with van der Waals surface area (Å²) < 4.78 is 5.02. The Labute approximate surface area is 94.9 Å². The van der Waals surface area contributed by atoms with Gasteiger partial charge in [-0.2, -0.15) is 0 Å². The predicted molar refractivity (Wildman–Crippen MR) is 61.3 cm³/mol. The molecule has 0 unspecified atom stereocenters. The predicted octanol–water partition coefficient (Wildman–Crippen LogP) is 4.25. The van der Waals surface area contributed by atoms with Gasteiger partial charge in [-0.3, -0.25) is 4.79 Å². The first-order valence-corrected chi connectivity index (χ1v) is 5.51. The van der Waals surface area contributed by atoms with Crippen LogP contribution in [0.4, 0.5) is 0 Å². The number of rotatable bonds is 7. The molecule has 0 amide bonds. The van der Waals surface area contributed by atoms with Crippen molar-refractivity contribution in [2.24, 2.45) is 0 Å². The highest BCUT2D eigenvalue weighted by Gasteiger charge is 2.09. The maximum absolute atomic E-state index is 11.5. The van der Waals surface area contributed by atoms with E-state index in [1.165, 1.54) is 0 Å². The summed E-state index contributed by atoms with van der Waals surface area (Å²) in [5.74, 6) is 0.393. The van der Waals surface area contributed by atoms with Gasteiger partial charge in [0.2, 0.25) is 0 Å². The SMILES string of the molecule is C=CCCCCCC(=O)c1ccc(Cl)o1. The van der Waals surface area contributed by atoms with Gasteiger partial charge in [0.15, 0.2) is 16.8 Å². The topological polar surface area (TPSA) is 30.2 Å². The first-order chi connectivity index (χ1) is 7.24. The van der Waals surface area contributed by atoms with Crippen LogP contribution < -0.4 is 0 Å². The molecule has 0 aliphatic heterocycles. The molecule has 1 rings (SSSR count). The third-order valence-corrected chi connectivity index (χ3v) is 2.36. The zero-order chi connectivity index (χ0) is 11.1. The molecule has 3 heteroatoms. The number of Topliss-reactive ketones (excluding diaryl/α,β-unsaturated/α-hetero) is 1. The molecular weight excluding hydrogens is 212 g/mol. The summed E-state index contributed by atoms with van der Waals surface area (Å²) in [7, 11) is 0. The van der Waals surface area contributed by atoms with E-state index in [1.807, 2.05) is 6.08 Å². The molecule has 0 saturated carbocycles. The summed E-state index contributed by atoms with van der Waals surface area (Å²) in [4.78, 5) is 11.5. The molecule has 0 aromatic carbocycles. The minimum atomic E-state index is 0.0282. The smallest absolute Gasteiger partial charge is 0.198 e. The summed E-state index contributed by atoms with van der Waals surface area (Å²) in [6.07, 6.45) is 6.47. The molecule has 0 bridgehead atoms. The van der Waals surface area contributed by atoms with Crippen LogP contribution >= 0.6 is 11.6 Å². The van der Waals surface area contributed by atoms with Crippen LogP contribution in [0.15, 0.2) is 29.2 Å². The fraction of sp³-hybridized carbons (Fsp3) is 0.417. The number of allylic oxidation sites excluding steroid dienone is 1. The van der Waals surface area contributed by atoms with Crippen LogP contribution in [-0.4, -0.2) is 5.78 Å². The molecule has 0 atom stereocenters. The highest BCUT2D eigenvalue weighted by atomic mass is 35.5. The van der Waals surface area contributed by atoms with Crippen LogP contribution in [-0.2, 0) is 0 Å². The Hall–Kier alpha value is -1.02. The second-order valence-corrected chi connectivity index (χ2v) is 3.79. The number of carbonyl (C=O) groups excluding carboxylic acids is 1. The van der Waals surface area contributed by atoms with Gasteiger partial charge in [0.05, 0.1) is 0 Å². The Morgan fingerprint density at radius 1 is 1.40 bits per heavy atom. The van der Waals surface area contributed by atoms with Crippen LogP contribution in [0.2, 0.25) is 5.22 Å². The second kappa shape index (κ2) is 6.46. The molecule has 0 N–H and O–H groups in total. The van der Waals surface area contributed by atoms with Crippen molar-refractivity contribution in [1.82, 2.24) is 0 Å². The third-order valence-electron chi connectivity index (χ3n) is 2.16. The number of hydrogen-bond donors (Lipinski definition) is 0. The molecule has 0 aliphatic carbocycles. The Kier molecular flexibility index (Phi) is 5.19. The molecule has 0 radical (unpaired) electrons. The van der Waals surface area contributed by atoms with Crippen molar-refractivity contribution in [3.63, 3.8) is 0 Å². The van der Waals surface area contributed by atoms with E-state index in [2.05, 4.69) is 6.58 Å². The highest BCUT2D eigenvalue weighted by Crippen LogP contribution is 2.16. The van der Waals surface area contributed by atoms with Crippen molar-refractivity contribution in [2.75, 3.05) is 0 Å². The third kappa shape index (κ3) is 4.34. The molecule has 82 valence electrons. The monoisotopic (exact) mass is 226 g/mol. The first kappa shape index (κ1) is 12.1. The van der Waals surface area contributed by atoms with Crippen molar-refractivity contribution >= 4 is 17.4 Å². The van der Waals surface area contributed by atoms with Crippen LogP contribution in [0.1, 0.15) is 42.7 Å². The Bertz CT molecular complexity index is 328. The minimum Gasteiger partial charge on any atom is -0.442 e. The van der Waals surface area contributed by atoms with E-state index in [0.29, 0.717) is 12.2 Å². The fourth-order valence-electron chi connectivity index (χ4n) is 1.34. The van der Waals surface area contributed by atoms with E-state index in [1.54, 1.807) is 12.1 Å². The molecule has 1 aromatic heterocycles. The van der Waals surface area contributed by atoms with Gasteiger partial charge in [-0.15, -0.1) is 6.58 Å². The molecular formula is C12H15ClO2. The molecule has 1 heterocycles. The lowest BCUT2D eigenvalue weighted by molar-refractivity contribution is 0.0952. The minimum absolute atomic E-state index is 0.0282. The van der Waals surface area contributed by atoms with Crippen molar-refractivity contribution in [3.05, 3.63) is 35.8 Å². The fourth-order valence-corrected chi connectivity index (χ4v) is 1.48. The van der Waals surface area contributed by atoms with Gasteiger partial charge in [0, 0.05) is 6.42 Å². The lowest BCUT2D eigenvalue weighted by Gasteiger charge is -1.97. The number of furan rings is 1. The molecule has 15 heavy (non-hydrogen) atoms. The largest absolute Gasteiger partial charge is 0.442 e. The highest BCUT2D eigenvalue weighted by molar-refractivity contribution is 6.29. The standard InChI is InChI=1S/C12H15ClO2/c1-2-3-4-5-6-7-10(14)11-8-9-12(13)15-11/h2,8-9H,1,3-7H2. The number of unbranched alkanes of at least 4 members (excludes halogenated alkanes) is 3. The quantitative estimate of drug-likeness (QED) is 0.395. The van der Waals surface area contributed by atoms with E-state index in [-0.39, 0.29) is 11.0 Å². The van der Waals surface area contributed by atoms with Crippen LogP contribution in [0.3, 0.4) is 0 Å². The summed E-state index contributed by atoms with van der Waals surface area (Å²) in [6, 6.07) is 3.21. The van der Waals surface area contributed by atoms with Gasteiger partial charge in [0.1, 0.15) is 0 Å². The first-order valence-electron chi connectivity index (χ1n) is 5.13. The zero-order valence-corrected chi connectivity index (χ0v) is 9.43. The van der Waals surface area contributed by atoms with Gasteiger partial charge < -0.3 is 4.42 Å². The Balaban J connectivity index is 2.22. The van der Waals surface area contributed by atoms with E-state index >= 15 is 0 Å². The summed E-state index contributed by atoms with van der Waals surface area (Å²) in [5.41, 5.74) is 0. The maximum atomic E-state index is 11.5. The zero-order valence-electron chi connectivity index (χ0n) is 8.67. The summed E-state index contributed by atoms with van der Waals surface area (Å²) >= 11 is 5.58. The lowest BCUT2D eigenvalue weighted by Crippen LogP contribution is -1.96. The summed E-state index contributed by atoms with van der Waals surface area (Å²) in [5, 5.41) is 0.269. The molecule has 0 spiro atoms. The van der Waals surface area contributed by atoms with Crippen molar-refractivity contribution in [3.8, 4) is 0 Å². The normalized spacial score (nSPS) is 10.2. The van der Waals surface area contributed by atoms with E-state index < -0.39 is 0 Å². The average Bonchev–Trinajstić information content (AvgIpc) is 2.64. The molecule has 1 aromatic rings. The van der Waals surface area contributed by atoms with Gasteiger partial charge in [0.25, 0.3) is 0 Å². The van der Waals surface area contributed by atoms with Crippen LogP contribution in [0.25, 0.3) is 0 Å². The van der Waals surface area contributed by atoms with Crippen molar-refractivity contribution in [2.45, 2.75) is 32.1 Å². The number of carbonyl (C=O) groups is 1. The Morgan fingerprint density at radius 3 is 2.80 bits per heavy atom. The molecule has 2 nitrogen and oxygen atoms in total. The Morgan fingerprint density at radius 2 is 2.20 bits per heavy atom. The second-order valence-electron chi connectivity index (χ2n) is 3.41. The van der Waals surface area contributed by atoms with E-state index in [4.69, 9.17) is 16.0 Å². The lowest BCUT2D eigenvalue weighted by atomic mass is 10.1. The maximum Gasteiger partial charge on any atom is 0.198 e. The van der Waals surface area contributed by atoms with Crippen molar-refractivity contribution < 1.29 is 9.21 Å². The van der Waals surface area contributed by atoms with Gasteiger partial charge in [-0.05, 0) is 43.0 Å².